The third-order valence-electron chi connectivity index (χ3n) is 2.10. The third kappa shape index (κ3) is 2.34. The topological polar surface area (TPSA) is 0 Å². The first-order chi connectivity index (χ1) is 6.90. The molecule has 0 saturated heterocycles. The van der Waals surface area contributed by atoms with Crippen molar-refractivity contribution in [2.75, 3.05) is 0 Å². The minimum atomic E-state index is 1.22. The Balaban J connectivity index is 2.34. The van der Waals surface area contributed by atoms with Crippen LogP contribution in [-0.2, 0) is 0 Å². The molecule has 0 saturated carbocycles. The number of rotatable bonds is 2. The van der Waals surface area contributed by atoms with Crippen LogP contribution in [0.3, 0.4) is 0 Å². The monoisotopic (exact) mass is 306 g/mol. The second kappa shape index (κ2) is 4.89. The maximum absolute atomic E-state index is 2.19. The van der Waals surface area contributed by atoms with Crippen LogP contribution >= 0.6 is 8.95 Å². The molecule has 14 heavy (non-hydrogen) atoms. The molecule has 0 bridgehead atoms. The quantitative estimate of drug-likeness (QED) is 0.768. The predicted molar refractivity (Wildman–Crippen MR) is 64.9 cm³/mol. The van der Waals surface area contributed by atoms with Gasteiger partial charge >= 0.3 is 101 Å². The molecule has 0 fully saturated rings. The van der Waals surface area contributed by atoms with Crippen molar-refractivity contribution in [2.45, 2.75) is 4.90 Å². The zero-order chi connectivity index (χ0) is 9.80. The van der Waals surface area contributed by atoms with Gasteiger partial charge in [0, 0.05) is 0 Å². The molecule has 68 valence electrons. The fraction of sp³-hybridized carbons (Fsp3) is 0. The van der Waals surface area contributed by atoms with Crippen molar-refractivity contribution in [1.82, 2.24) is 0 Å². The van der Waals surface area contributed by atoms with Gasteiger partial charge < -0.3 is 0 Å². The summed E-state index contributed by atoms with van der Waals surface area (Å²) in [6, 6.07) is 19.2. The molecule has 2 heteroatoms. The Morgan fingerprint density at radius 2 is 1.29 bits per heavy atom. The van der Waals surface area contributed by atoms with E-state index in [2.05, 4.69) is 48.5 Å². The van der Waals surface area contributed by atoms with Crippen molar-refractivity contribution in [3.05, 3.63) is 54.6 Å². The fourth-order valence-electron chi connectivity index (χ4n) is 1.36. The van der Waals surface area contributed by atoms with Crippen LogP contribution in [0.4, 0.5) is 0 Å². The van der Waals surface area contributed by atoms with Gasteiger partial charge in [0.1, 0.15) is 0 Å². The van der Waals surface area contributed by atoms with Crippen molar-refractivity contribution in [2.24, 2.45) is 0 Å². The molecule has 2 aromatic carbocycles. The molecule has 0 spiro atoms. The van der Waals surface area contributed by atoms with Crippen molar-refractivity contribution in [3.63, 3.8) is 0 Å². The standard InChI is InChI=1S/C12H10S.Sn.H/c13-12-8-6-11(7-9-12)10-4-2-1-3-5-10;;/h1-9,13H;;/q;+1;/p-1. The fourth-order valence-corrected chi connectivity index (χ4v) is 3.00. The van der Waals surface area contributed by atoms with Gasteiger partial charge in [-0.2, -0.15) is 0 Å². The van der Waals surface area contributed by atoms with E-state index in [-0.39, 0.29) is 0 Å². The van der Waals surface area contributed by atoms with E-state index in [1.165, 1.54) is 37.2 Å². The van der Waals surface area contributed by atoms with Gasteiger partial charge in [-0.05, 0) is 0 Å². The summed E-state index contributed by atoms with van der Waals surface area (Å²) >= 11 is 1.22. The Hall–Kier alpha value is -0.411. The van der Waals surface area contributed by atoms with E-state index in [9.17, 15) is 0 Å². The van der Waals surface area contributed by atoms with Gasteiger partial charge in [0.15, 0.2) is 0 Å². The van der Waals surface area contributed by atoms with E-state index in [1.807, 2.05) is 15.0 Å². The molecule has 2 radical (unpaired) electrons. The Kier molecular flexibility index (Phi) is 3.54. The molecule has 0 aliphatic rings. The summed E-state index contributed by atoms with van der Waals surface area (Å²) in [6.45, 7) is 0. The minimum absolute atomic E-state index is 1.22. The SMILES string of the molecule is [SnH][S]c1ccc(-c2ccccc2)cc1. The van der Waals surface area contributed by atoms with Crippen molar-refractivity contribution < 1.29 is 0 Å². The number of hydrogen-bond acceptors (Lipinski definition) is 1. The van der Waals surface area contributed by atoms with E-state index >= 15 is 0 Å². The Bertz CT molecular complexity index is 394. The zero-order valence-electron chi connectivity index (χ0n) is 7.68. The summed E-state index contributed by atoms with van der Waals surface area (Å²) in [7, 11) is 1.90. The van der Waals surface area contributed by atoms with Crippen LogP contribution in [0.25, 0.3) is 11.1 Å². The molecule has 0 heterocycles. The van der Waals surface area contributed by atoms with Crippen LogP contribution in [-0.4, -0.2) is 21.1 Å². The number of benzene rings is 2. The van der Waals surface area contributed by atoms with E-state index in [0.717, 1.165) is 0 Å². The average Bonchev–Trinajstić information content (AvgIpc) is 2.30. The molecular formula is C12H10SSn. The van der Waals surface area contributed by atoms with Crippen LogP contribution < -0.4 is 0 Å². The van der Waals surface area contributed by atoms with Gasteiger partial charge in [-0.15, -0.1) is 0 Å². The Morgan fingerprint density at radius 3 is 1.86 bits per heavy atom. The van der Waals surface area contributed by atoms with Crippen molar-refractivity contribution >= 4 is 30.1 Å². The van der Waals surface area contributed by atoms with Gasteiger partial charge in [-0.25, -0.2) is 0 Å². The first-order valence-electron chi connectivity index (χ1n) is 4.42. The van der Waals surface area contributed by atoms with Gasteiger partial charge in [0.05, 0.1) is 0 Å². The second-order valence-corrected chi connectivity index (χ2v) is 5.73. The molecule has 0 atom stereocenters. The summed E-state index contributed by atoms with van der Waals surface area (Å²) in [6.07, 6.45) is 0. The molecule has 0 N–H and O–H groups in total. The van der Waals surface area contributed by atoms with Crippen molar-refractivity contribution in [1.29, 1.82) is 0 Å². The van der Waals surface area contributed by atoms with Gasteiger partial charge in [0.25, 0.3) is 0 Å². The van der Waals surface area contributed by atoms with Crippen molar-refractivity contribution in [3.8, 4) is 11.1 Å². The van der Waals surface area contributed by atoms with E-state index < -0.39 is 0 Å². The normalized spacial score (nSPS) is 10.1. The first-order valence-corrected chi connectivity index (χ1v) is 9.34. The molecule has 0 aliphatic heterocycles. The molecule has 0 unspecified atom stereocenters. The Morgan fingerprint density at radius 1 is 0.714 bits per heavy atom. The van der Waals surface area contributed by atoms with Crippen LogP contribution in [0.5, 0.6) is 0 Å². The van der Waals surface area contributed by atoms with E-state index in [4.69, 9.17) is 0 Å². The summed E-state index contributed by atoms with van der Waals surface area (Å²) in [5, 5.41) is 0. The molecule has 0 nitrogen and oxygen atoms in total. The molecule has 2 rings (SSSR count). The van der Waals surface area contributed by atoms with Gasteiger partial charge in [0.2, 0.25) is 0 Å². The summed E-state index contributed by atoms with van der Waals surface area (Å²) in [4.78, 5) is 1.37. The van der Waals surface area contributed by atoms with Gasteiger partial charge in [-0.1, -0.05) is 0 Å². The average molecular weight is 305 g/mol. The van der Waals surface area contributed by atoms with Gasteiger partial charge in [-0.3, -0.25) is 0 Å². The molecule has 0 amide bonds. The van der Waals surface area contributed by atoms with Crippen LogP contribution in [0.15, 0.2) is 59.5 Å². The van der Waals surface area contributed by atoms with Crippen LogP contribution in [0.2, 0.25) is 0 Å². The molecular weight excluding hydrogens is 295 g/mol. The number of hydrogen-bond donors (Lipinski definition) is 0. The molecule has 0 aromatic heterocycles. The molecule has 0 aliphatic carbocycles. The first kappa shape index (κ1) is 10.1. The predicted octanol–water partition coefficient (Wildman–Crippen LogP) is 3.26. The zero-order valence-corrected chi connectivity index (χ0v) is 11.8. The summed E-state index contributed by atoms with van der Waals surface area (Å²) < 4.78 is 0. The Labute approximate surface area is 100 Å². The molecule has 2 aromatic rings. The van der Waals surface area contributed by atoms with Crippen LogP contribution in [0.1, 0.15) is 0 Å². The second-order valence-electron chi connectivity index (χ2n) is 3.01. The van der Waals surface area contributed by atoms with E-state index in [1.54, 1.807) is 0 Å². The van der Waals surface area contributed by atoms with E-state index in [0.29, 0.717) is 0 Å². The third-order valence-corrected chi connectivity index (χ3v) is 4.97. The summed E-state index contributed by atoms with van der Waals surface area (Å²) in [5.74, 6) is 0. The van der Waals surface area contributed by atoms with Crippen LogP contribution in [0, 0.1) is 0 Å². The summed E-state index contributed by atoms with van der Waals surface area (Å²) in [5.41, 5.74) is 2.58. The maximum atomic E-state index is 2.19.